The van der Waals surface area contributed by atoms with E-state index >= 15 is 0 Å². The van der Waals surface area contributed by atoms with Crippen LogP contribution in [0.15, 0.2) is 47.4 Å². The van der Waals surface area contributed by atoms with Crippen molar-refractivity contribution < 1.29 is 22.7 Å². The van der Waals surface area contributed by atoms with Crippen LogP contribution in [-0.2, 0) is 14.8 Å². The summed E-state index contributed by atoms with van der Waals surface area (Å²) in [6.07, 6.45) is 0. The number of nitrogens with zero attached hydrogens (tertiary/aromatic N) is 1. The Kier molecular flexibility index (Phi) is 5.36. The second-order valence-electron chi connectivity index (χ2n) is 4.80. The van der Waals surface area contributed by atoms with Crippen molar-refractivity contribution >= 4 is 33.3 Å². The monoisotopic (exact) mass is 369 g/mol. The average Bonchev–Trinajstić information content (AvgIpc) is 2.60. The number of rotatable bonds is 5. The number of anilines is 1. The van der Waals surface area contributed by atoms with Gasteiger partial charge in [-0.15, -0.1) is 0 Å². The molecule has 0 N–H and O–H groups in total. The van der Waals surface area contributed by atoms with Gasteiger partial charge in [0, 0.05) is 7.05 Å². The van der Waals surface area contributed by atoms with Crippen molar-refractivity contribution in [3.05, 3.63) is 53.1 Å². The van der Waals surface area contributed by atoms with Gasteiger partial charge < -0.3 is 9.47 Å². The van der Waals surface area contributed by atoms with Gasteiger partial charge >= 0.3 is 5.97 Å². The number of hydrogen-bond donors (Lipinski definition) is 0. The van der Waals surface area contributed by atoms with E-state index in [4.69, 9.17) is 16.3 Å². The smallest absolute Gasteiger partial charge is 0.339 e. The molecule has 2 aromatic rings. The molecule has 128 valence electrons. The second-order valence-corrected chi connectivity index (χ2v) is 7.18. The predicted octanol–water partition coefficient (Wildman–Crippen LogP) is 2.96. The van der Waals surface area contributed by atoms with E-state index in [9.17, 15) is 13.2 Å². The summed E-state index contributed by atoms with van der Waals surface area (Å²) in [4.78, 5) is 11.8. The number of carbonyl (C=O) groups is 1. The van der Waals surface area contributed by atoms with Crippen molar-refractivity contribution in [2.45, 2.75) is 4.90 Å². The number of methoxy groups -OCH3 is 2. The quantitative estimate of drug-likeness (QED) is 0.757. The van der Waals surface area contributed by atoms with Crippen molar-refractivity contribution in [3.63, 3.8) is 0 Å². The molecule has 0 radical (unpaired) electrons. The van der Waals surface area contributed by atoms with Crippen LogP contribution < -0.4 is 9.04 Å². The lowest BCUT2D eigenvalue weighted by atomic mass is 10.2. The number of ether oxygens (including phenoxy) is 2. The molecule has 0 atom stereocenters. The molecule has 2 aromatic carbocycles. The van der Waals surface area contributed by atoms with Gasteiger partial charge in [0.25, 0.3) is 10.0 Å². The molecule has 0 aromatic heterocycles. The lowest BCUT2D eigenvalue weighted by Gasteiger charge is -2.20. The molecule has 2 rings (SSSR count). The van der Waals surface area contributed by atoms with Crippen molar-refractivity contribution in [2.75, 3.05) is 25.6 Å². The van der Waals surface area contributed by atoms with Crippen LogP contribution in [0.3, 0.4) is 0 Å². The summed E-state index contributed by atoms with van der Waals surface area (Å²) in [6, 6.07) is 10.3. The molecule has 0 aliphatic carbocycles. The fraction of sp³-hybridized carbons (Fsp3) is 0.188. The van der Waals surface area contributed by atoms with E-state index in [0.29, 0.717) is 5.75 Å². The van der Waals surface area contributed by atoms with Crippen LogP contribution in [0.2, 0.25) is 5.02 Å². The minimum Gasteiger partial charge on any atom is -0.497 e. The summed E-state index contributed by atoms with van der Waals surface area (Å²) >= 11 is 5.96. The first kappa shape index (κ1) is 18.1. The molecule has 0 aliphatic heterocycles. The Morgan fingerprint density at radius 2 is 1.71 bits per heavy atom. The molecule has 0 fully saturated rings. The third-order valence-corrected chi connectivity index (χ3v) is 5.57. The Morgan fingerprint density at radius 1 is 1.08 bits per heavy atom. The van der Waals surface area contributed by atoms with Crippen LogP contribution in [0.5, 0.6) is 5.75 Å². The molecule has 0 spiro atoms. The summed E-state index contributed by atoms with van der Waals surface area (Å²) in [5.74, 6) is -0.0897. The Morgan fingerprint density at radius 3 is 2.25 bits per heavy atom. The minimum atomic E-state index is -3.80. The van der Waals surface area contributed by atoms with E-state index in [1.165, 1.54) is 51.6 Å². The van der Waals surface area contributed by atoms with Crippen LogP contribution in [0, 0.1) is 0 Å². The van der Waals surface area contributed by atoms with E-state index in [1.54, 1.807) is 12.1 Å². The molecule has 0 heterocycles. The van der Waals surface area contributed by atoms with Crippen molar-refractivity contribution in [1.82, 2.24) is 0 Å². The van der Waals surface area contributed by atoms with Gasteiger partial charge in [-0.1, -0.05) is 11.6 Å². The zero-order chi connectivity index (χ0) is 17.9. The van der Waals surface area contributed by atoms with Gasteiger partial charge in [0.05, 0.1) is 35.4 Å². The van der Waals surface area contributed by atoms with E-state index in [0.717, 1.165) is 4.31 Å². The lowest BCUT2D eigenvalue weighted by Crippen LogP contribution is -2.26. The van der Waals surface area contributed by atoms with Gasteiger partial charge in [0.15, 0.2) is 0 Å². The summed E-state index contributed by atoms with van der Waals surface area (Å²) in [7, 11) is 0.319. The highest BCUT2D eigenvalue weighted by molar-refractivity contribution is 7.92. The third-order valence-electron chi connectivity index (χ3n) is 3.44. The van der Waals surface area contributed by atoms with E-state index < -0.39 is 16.0 Å². The Hall–Kier alpha value is -2.25. The molecule has 0 saturated heterocycles. The SMILES string of the molecule is COC(=O)c1cc(N(C)S(=O)(=O)c2ccc(OC)cc2)ccc1Cl. The zero-order valence-corrected chi connectivity index (χ0v) is 14.9. The Labute approximate surface area is 145 Å². The fourth-order valence-electron chi connectivity index (χ4n) is 2.02. The van der Waals surface area contributed by atoms with Gasteiger partial charge in [-0.3, -0.25) is 4.31 Å². The number of halogens is 1. The maximum absolute atomic E-state index is 12.7. The first-order chi connectivity index (χ1) is 11.3. The van der Waals surface area contributed by atoms with Crippen molar-refractivity contribution in [3.8, 4) is 5.75 Å². The lowest BCUT2D eigenvalue weighted by molar-refractivity contribution is 0.0601. The molecule has 6 nitrogen and oxygen atoms in total. The van der Waals surface area contributed by atoms with E-state index in [-0.39, 0.29) is 21.2 Å². The normalized spacial score (nSPS) is 11.0. The minimum absolute atomic E-state index is 0.0912. The summed E-state index contributed by atoms with van der Waals surface area (Å²) < 4.78 is 36.1. The number of hydrogen-bond acceptors (Lipinski definition) is 5. The Bertz CT molecular complexity index is 849. The number of sulfonamides is 1. The third kappa shape index (κ3) is 3.47. The zero-order valence-electron chi connectivity index (χ0n) is 13.3. The second kappa shape index (κ2) is 7.11. The van der Waals surface area contributed by atoms with E-state index in [1.807, 2.05) is 0 Å². The molecule has 8 heteroatoms. The number of esters is 1. The molecule has 0 bridgehead atoms. The van der Waals surface area contributed by atoms with Crippen LogP contribution in [0.4, 0.5) is 5.69 Å². The number of carbonyl (C=O) groups excluding carboxylic acids is 1. The molecular formula is C16H16ClNO5S. The first-order valence-corrected chi connectivity index (χ1v) is 8.64. The van der Waals surface area contributed by atoms with Crippen LogP contribution >= 0.6 is 11.6 Å². The highest BCUT2D eigenvalue weighted by Crippen LogP contribution is 2.27. The highest BCUT2D eigenvalue weighted by atomic mass is 35.5. The van der Waals surface area contributed by atoms with Crippen molar-refractivity contribution in [2.24, 2.45) is 0 Å². The molecule has 24 heavy (non-hydrogen) atoms. The fourth-order valence-corrected chi connectivity index (χ4v) is 3.40. The molecule has 0 saturated carbocycles. The molecule has 0 unspecified atom stereocenters. The van der Waals surface area contributed by atoms with Crippen molar-refractivity contribution in [1.29, 1.82) is 0 Å². The van der Waals surface area contributed by atoms with Gasteiger partial charge in [-0.25, -0.2) is 13.2 Å². The van der Waals surface area contributed by atoms with Gasteiger partial charge in [0.1, 0.15) is 5.75 Å². The maximum Gasteiger partial charge on any atom is 0.339 e. The average molecular weight is 370 g/mol. The molecule has 0 aliphatic rings. The maximum atomic E-state index is 12.7. The van der Waals surface area contributed by atoms with Gasteiger partial charge in [-0.2, -0.15) is 0 Å². The number of benzene rings is 2. The van der Waals surface area contributed by atoms with Crippen LogP contribution in [0.25, 0.3) is 0 Å². The van der Waals surface area contributed by atoms with Crippen LogP contribution in [0.1, 0.15) is 10.4 Å². The molecular weight excluding hydrogens is 354 g/mol. The Balaban J connectivity index is 2.42. The summed E-state index contributed by atoms with van der Waals surface area (Å²) in [5.41, 5.74) is 0.379. The summed E-state index contributed by atoms with van der Waals surface area (Å²) in [5, 5.41) is 0.181. The first-order valence-electron chi connectivity index (χ1n) is 6.82. The topological polar surface area (TPSA) is 72.9 Å². The standard InChI is InChI=1S/C16H16ClNO5S/c1-18(11-4-9-15(17)14(10-11)16(19)23-3)24(20,21)13-7-5-12(22-2)6-8-13/h4-10H,1-3H3. The predicted molar refractivity (Wildman–Crippen MR) is 91.4 cm³/mol. The van der Waals surface area contributed by atoms with Gasteiger partial charge in [-0.05, 0) is 42.5 Å². The van der Waals surface area contributed by atoms with Crippen LogP contribution in [-0.4, -0.2) is 35.7 Å². The van der Waals surface area contributed by atoms with Gasteiger partial charge in [0.2, 0.25) is 0 Å². The molecule has 0 amide bonds. The largest absolute Gasteiger partial charge is 0.497 e. The summed E-state index contributed by atoms with van der Waals surface area (Å²) in [6.45, 7) is 0. The van der Waals surface area contributed by atoms with E-state index in [2.05, 4.69) is 4.74 Å². The highest BCUT2D eigenvalue weighted by Gasteiger charge is 2.23.